The Balaban J connectivity index is 1.97. The molecule has 2 aliphatic rings. The van der Waals surface area contributed by atoms with Gasteiger partial charge in [-0.05, 0) is 42.0 Å². The molecule has 19 heavy (non-hydrogen) atoms. The molecule has 1 aromatic carbocycles. The number of ether oxygens (including phenoxy) is 2. The van der Waals surface area contributed by atoms with Crippen molar-refractivity contribution in [1.82, 2.24) is 0 Å². The molecule has 0 spiro atoms. The van der Waals surface area contributed by atoms with Crippen molar-refractivity contribution in [1.29, 1.82) is 0 Å². The van der Waals surface area contributed by atoms with Crippen molar-refractivity contribution in [2.75, 3.05) is 6.79 Å². The zero-order chi connectivity index (χ0) is 13.2. The van der Waals surface area contributed by atoms with E-state index in [1.807, 2.05) is 18.2 Å². The van der Waals surface area contributed by atoms with Gasteiger partial charge in [-0.3, -0.25) is 0 Å². The average molecular weight is 260 g/mol. The van der Waals surface area contributed by atoms with Crippen LogP contribution in [0.1, 0.15) is 31.2 Å². The fraction of sp³-hybridized carbons (Fsp3) is 0.400. The van der Waals surface area contributed by atoms with E-state index in [-0.39, 0.29) is 6.79 Å². The molecule has 1 saturated carbocycles. The number of benzene rings is 1. The molecule has 4 heteroatoms. The number of fused-ring (bicyclic) bond motifs is 1. The first-order valence-electron chi connectivity index (χ1n) is 6.58. The van der Waals surface area contributed by atoms with Gasteiger partial charge in [0, 0.05) is 6.08 Å². The number of carbonyl (C=O) groups is 1. The van der Waals surface area contributed by atoms with E-state index in [1.54, 1.807) is 0 Å². The molecular formula is C15H16O4. The van der Waals surface area contributed by atoms with E-state index < -0.39 is 5.97 Å². The van der Waals surface area contributed by atoms with Crippen LogP contribution >= 0.6 is 0 Å². The van der Waals surface area contributed by atoms with E-state index >= 15 is 0 Å². The molecule has 100 valence electrons. The van der Waals surface area contributed by atoms with E-state index in [2.05, 4.69) is 0 Å². The van der Waals surface area contributed by atoms with E-state index in [9.17, 15) is 4.79 Å². The summed E-state index contributed by atoms with van der Waals surface area (Å²) in [6.45, 7) is 0.236. The fourth-order valence-corrected chi connectivity index (χ4v) is 2.88. The summed E-state index contributed by atoms with van der Waals surface area (Å²) in [5.41, 5.74) is 1.84. The first-order chi connectivity index (χ1) is 9.24. The van der Waals surface area contributed by atoms with Crippen molar-refractivity contribution in [2.24, 2.45) is 5.92 Å². The minimum absolute atomic E-state index is 0.236. The van der Waals surface area contributed by atoms with Crippen molar-refractivity contribution in [3.63, 3.8) is 0 Å². The number of carboxylic acids is 1. The fourth-order valence-electron chi connectivity index (χ4n) is 2.88. The minimum atomic E-state index is -0.889. The van der Waals surface area contributed by atoms with Gasteiger partial charge < -0.3 is 14.6 Å². The van der Waals surface area contributed by atoms with Gasteiger partial charge in [-0.2, -0.15) is 0 Å². The Morgan fingerprint density at radius 3 is 2.68 bits per heavy atom. The zero-order valence-electron chi connectivity index (χ0n) is 10.6. The molecular weight excluding hydrogens is 244 g/mol. The summed E-state index contributed by atoms with van der Waals surface area (Å²) < 4.78 is 10.6. The maximum Gasteiger partial charge on any atom is 0.328 e. The van der Waals surface area contributed by atoms with Crippen LogP contribution in [0.4, 0.5) is 0 Å². The maximum absolute atomic E-state index is 11.0. The topological polar surface area (TPSA) is 55.8 Å². The SMILES string of the molecule is O=C(O)/C=C(/c1ccc2c(c1)OCO2)C1CCCC1. The van der Waals surface area contributed by atoms with Gasteiger partial charge in [0.05, 0.1) is 0 Å². The highest BCUT2D eigenvalue weighted by molar-refractivity contribution is 5.91. The Morgan fingerprint density at radius 2 is 1.95 bits per heavy atom. The summed E-state index contributed by atoms with van der Waals surface area (Å²) in [4.78, 5) is 11.0. The predicted octanol–water partition coefficient (Wildman–Crippen LogP) is 3.07. The summed E-state index contributed by atoms with van der Waals surface area (Å²) in [5.74, 6) is 0.882. The predicted molar refractivity (Wildman–Crippen MR) is 70.1 cm³/mol. The molecule has 3 rings (SSSR count). The summed E-state index contributed by atoms with van der Waals surface area (Å²) >= 11 is 0. The van der Waals surface area contributed by atoms with Crippen molar-refractivity contribution in [3.8, 4) is 11.5 Å². The Hall–Kier alpha value is -1.97. The second-order valence-corrected chi connectivity index (χ2v) is 4.99. The third-order valence-electron chi connectivity index (χ3n) is 3.78. The molecule has 0 saturated heterocycles. The van der Waals surface area contributed by atoms with Crippen LogP contribution < -0.4 is 9.47 Å². The van der Waals surface area contributed by atoms with Crippen LogP contribution in [-0.2, 0) is 4.79 Å². The lowest BCUT2D eigenvalue weighted by molar-refractivity contribution is -0.131. The zero-order valence-corrected chi connectivity index (χ0v) is 10.6. The minimum Gasteiger partial charge on any atom is -0.478 e. The largest absolute Gasteiger partial charge is 0.478 e. The normalized spacial score (nSPS) is 18.8. The quantitative estimate of drug-likeness (QED) is 0.848. The lowest BCUT2D eigenvalue weighted by Crippen LogP contribution is -2.02. The number of allylic oxidation sites excluding steroid dienone is 1. The average Bonchev–Trinajstić information content (AvgIpc) is 3.06. The van der Waals surface area contributed by atoms with Crippen LogP contribution in [0, 0.1) is 5.92 Å². The van der Waals surface area contributed by atoms with E-state index in [1.165, 1.54) is 18.9 Å². The van der Waals surface area contributed by atoms with Crippen LogP contribution in [-0.4, -0.2) is 17.9 Å². The molecule has 1 heterocycles. The number of hydrogen-bond donors (Lipinski definition) is 1. The van der Waals surface area contributed by atoms with Gasteiger partial charge in [-0.25, -0.2) is 4.79 Å². The number of carboxylic acid groups (broad SMARTS) is 1. The second kappa shape index (κ2) is 4.96. The molecule has 0 bridgehead atoms. The number of hydrogen-bond acceptors (Lipinski definition) is 3. The van der Waals surface area contributed by atoms with E-state index in [0.29, 0.717) is 11.7 Å². The Kier molecular flexibility index (Phi) is 3.15. The standard InChI is InChI=1S/C15H16O4/c16-15(17)8-12(10-3-1-2-4-10)11-5-6-13-14(7-11)19-9-18-13/h5-8,10H,1-4,9H2,(H,16,17)/b12-8+. The van der Waals surface area contributed by atoms with Gasteiger partial charge in [-0.15, -0.1) is 0 Å². The molecule has 1 aromatic rings. The Labute approximate surface area is 111 Å². The summed E-state index contributed by atoms with van der Waals surface area (Å²) in [6, 6.07) is 5.65. The molecule has 0 unspecified atom stereocenters. The van der Waals surface area contributed by atoms with Crippen LogP contribution in [0.5, 0.6) is 11.5 Å². The first kappa shape index (κ1) is 12.1. The molecule has 1 aliphatic carbocycles. The molecule has 1 aliphatic heterocycles. The monoisotopic (exact) mass is 260 g/mol. The van der Waals surface area contributed by atoms with Crippen LogP contribution in [0.25, 0.3) is 5.57 Å². The highest BCUT2D eigenvalue weighted by atomic mass is 16.7. The molecule has 4 nitrogen and oxygen atoms in total. The molecule has 0 amide bonds. The van der Waals surface area contributed by atoms with Crippen LogP contribution in [0.2, 0.25) is 0 Å². The molecule has 0 radical (unpaired) electrons. The lowest BCUT2D eigenvalue weighted by atomic mass is 9.90. The van der Waals surface area contributed by atoms with Gasteiger partial charge >= 0.3 is 5.97 Å². The van der Waals surface area contributed by atoms with Gasteiger partial charge in [-0.1, -0.05) is 18.9 Å². The van der Waals surface area contributed by atoms with E-state index in [0.717, 1.165) is 29.7 Å². The molecule has 1 fully saturated rings. The van der Waals surface area contributed by atoms with Crippen molar-refractivity contribution >= 4 is 11.5 Å². The third kappa shape index (κ3) is 2.43. The molecule has 0 aromatic heterocycles. The lowest BCUT2D eigenvalue weighted by Gasteiger charge is -2.14. The molecule has 0 atom stereocenters. The van der Waals surface area contributed by atoms with Gasteiger partial charge in [0.2, 0.25) is 6.79 Å². The van der Waals surface area contributed by atoms with E-state index in [4.69, 9.17) is 14.6 Å². The van der Waals surface area contributed by atoms with Gasteiger partial charge in [0.25, 0.3) is 0 Å². The third-order valence-corrected chi connectivity index (χ3v) is 3.78. The first-order valence-corrected chi connectivity index (χ1v) is 6.58. The molecule has 1 N–H and O–H groups in total. The maximum atomic E-state index is 11.0. The highest BCUT2D eigenvalue weighted by Crippen LogP contribution is 2.40. The summed E-state index contributed by atoms with van der Waals surface area (Å²) in [7, 11) is 0. The van der Waals surface area contributed by atoms with Crippen LogP contribution in [0.3, 0.4) is 0 Å². The Bertz CT molecular complexity index is 527. The van der Waals surface area contributed by atoms with Crippen molar-refractivity contribution in [3.05, 3.63) is 29.8 Å². The van der Waals surface area contributed by atoms with Crippen LogP contribution in [0.15, 0.2) is 24.3 Å². The van der Waals surface area contributed by atoms with Gasteiger partial charge in [0.15, 0.2) is 11.5 Å². The Morgan fingerprint density at radius 1 is 1.21 bits per heavy atom. The second-order valence-electron chi connectivity index (χ2n) is 4.99. The number of rotatable bonds is 3. The summed E-state index contributed by atoms with van der Waals surface area (Å²) in [5, 5.41) is 9.07. The van der Waals surface area contributed by atoms with Gasteiger partial charge in [0.1, 0.15) is 0 Å². The van der Waals surface area contributed by atoms with Crippen molar-refractivity contribution in [2.45, 2.75) is 25.7 Å². The summed E-state index contributed by atoms with van der Waals surface area (Å²) in [6.07, 6.45) is 5.81. The number of aliphatic carboxylic acids is 1. The smallest absolute Gasteiger partial charge is 0.328 e. The highest BCUT2D eigenvalue weighted by Gasteiger charge is 2.23. The van der Waals surface area contributed by atoms with Crippen molar-refractivity contribution < 1.29 is 19.4 Å².